The molecule has 1 aliphatic rings. The maximum atomic E-state index is 3.94. The Morgan fingerprint density at radius 3 is 2.20 bits per heavy atom. The van der Waals surface area contributed by atoms with E-state index in [0.29, 0.717) is 5.92 Å². The number of nitrogens with one attached hydrogen (secondary N) is 1. The topological polar surface area (TPSA) is 12.0 Å². The van der Waals surface area contributed by atoms with Gasteiger partial charge in [0, 0.05) is 0 Å². The van der Waals surface area contributed by atoms with Crippen molar-refractivity contribution in [2.75, 3.05) is 13.1 Å². The normalized spacial score (nSPS) is 23.1. The fourth-order valence-corrected chi connectivity index (χ4v) is 0.924. The van der Waals surface area contributed by atoms with Crippen LogP contribution in [0.3, 0.4) is 0 Å². The van der Waals surface area contributed by atoms with Gasteiger partial charge in [0.05, 0.1) is 0 Å². The number of hydrogen-bond donors (Lipinski definition) is 1. The third-order valence-electron chi connectivity index (χ3n) is 1.40. The monoisotopic (exact) mass is 173 g/mol. The van der Waals surface area contributed by atoms with Gasteiger partial charge in [-0.2, -0.15) is 5.92 Å². The minimum absolute atomic E-state index is 0. The molecule has 1 saturated heterocycles. The minimum Gasteiger partial charge on any atom is -0.358 e. The summed E-state index contributed by atoms with van der Waals surface area (Å²) in [5.41, 5.74) is 0. The van der Waals surface area contributed by atoms with Crippen molar-refractivity contribution in [3.8, 4) is 0 Å². The van der Waals surface area contributed by atoms with Gasteiger partial charge in [-0.05, 0) is 19.5 Å². The fourth-order valence-electron chi connectivity index (χ4n) is 0.924. The van der Waals surface area contributed by atoms with Crippen molar-refractivity contribution in [1.82, 2.24) is 5.32 Å². The van der Waals surface area contributed by atoms with Gasteiger partial charge in [-0.25, -0.2) is 0 Å². The largest absolute Gasteiger partial charge is 2.00 e. The second kappa shape index (κ2) is 10.0. The van der Waals surface area contributed by atoms with E-state index in [1.54, 1.807) is 0 Å². The number of piperidine rings is 1. The van der Waals surface area contributed by atoms with Crippen molar-refractivity contribution in [1.29, 1.82) is 0 Å². The molecule has 1 atom stereocenters. The van der Waals surface area contributed by atoms with Gasteiger partial charge in [-0.15, -0.1) is 12.4 Å². The Morgan fingerprint density at radius 1 is 1.40 bits per heavy atom. The van der Waals surface area contributed by atoms with E-state index in [1.807, 2.05) is 0 Å². The van der Waals surface area contributed by atoms with E-state index in [1.165, 1.54) is 19.4 Å². The predicted molar refractivity (Wildman–Crippen MR) is 50.4 cm³/mol. The first kappa shape index (κ1) is 17.2. The summed E-state index contributed by atoms with van der Waals surface area (Å²) in [6.45, 7) is 6.26. The third kappa shape index (κ3) is 7.13. The SMILES string of the molecule is Cl.[CH2-]C1CCCNC1.[CH3-].[Mg+2]. The van der Waals surface area contributed by atoms with Crippen LogP contribution >= 0.6 is 12.4 Å². The Kier molecular flexibility index (Phi) is 17.2. The van der Waals surface area contributed by atoms with Crippen LogP contribution in [0, 0.1) is 20.3 Å². The molecule has 1 fully saturated rings. The summed E-state index contributed by atoms with van der Waals surface area (Å²) < 4.78 is 0. The summed E-state index contributed by atoms with van der Waals surface area (Å²) >= 11 is 0. The molecule has 58 valence electrons. The van der Waals surface area contributed by atoms with Gasteiger partial charge in [0.1, 0.15) is 0 Å². The van der Waals surface area contributed by atoms with Crippen molar-refractivity contribution in [2.45, 2.75) is 12.8 Å². The van der Waals surface area contributed by atoms with Crippen LogP contribution in [-0.4, -0.2) is 36.1 Å². The summed E-state index contributed by atoms with van der Waals surface area (Å²) in [5.74, 6) is 0.675. The molecule has 0 aromatic heterocycles. The molecule has 0 aliphatic carbocycles. The Balaban J connectivity index is -0.000000163. The molecule has 0 radical (unpaired) electrons. The smallest absolute Gasteiger partial charge is 0.358 e. The fraction of sp³-hybridized carbons (Fsp3) is 0.714. The molecular formula is C7H16ClMgN. The van der Waals surface area contributed by atoms with Gasteiger partial charge in [0.15, 0.2) is 0 Å². The quantitative estimate of drug-likeness (QED) is 0.431. The van der Waals surface area contributed by atoms with Gasteiger partial charge >= 0.3 is 23.1 Å². The Bertz CT molecular complexity index is 55.6. The maximum absolute atomic E-state index is 3.94. The van der Waals surface area contributed by atoms with Crippen molar-refractivity contribution < 1.29 is 0 Å². The first-order valence-corrected chi connectivity index (χ1v) is 2.93. The molecule has 0 aromatic rings. The summed E-state index contributed by atoms with van der Waals surface area (Å²) in [6, 6.07) is 0. The van der Waals surface area contributed by atoms with Crippen LogP contribution in [0.25, 0.3) is 0 Å². The number of halogens is 1. The minimum atomic E-state index is 0. The molecule has 0 spiro atoms. The van der Waals surface area contributed by atoms with Crippen LogP contribution in [0.15, 0.2) is 0 Å². The van der Waals surface area contributed by atoms with Crippen LogP contribution in [0.1, 0.15) is 12.8 Å². The molecule has 1 N–H and O–H groups in total. The second-order valence-electron chi connectivity index (χ2n) is 2.21. The molecule has 0 bridgehead atoms. The molecule has 1 rings (SSSR count). The van der Waals surface area contributed by atoms with Crippen molar-refractivity contribution in [3.63, 3.8) is 0 Å². The molecule has 0 saturated carbocycles. The van der Waals surface area contributed by atoms with E-state index >= 15 is 0 Å². The van der Waals surface area contributed by atoms with Gasteiger partial charge in [0.2, 0.25) is 0 Å². The standard InChI is InChI=1S/C6H12N.CH3.ClH.Mg/c1-6-3-2-4-7-5-6;;;/h6-7H,1-5H2;1H3;1H;/q2*-1;;+2. The molecule has 1 nitrogen and oxygen atoms in total. The Labute approximate surface area is 86.9 Å². The zero-order chi connectivity index (χ0) is 5.11. The molecule has 3 heteroatoms. The van der Waals surface area contributed by atoms with Crippen LogP contribution in [0.4, 0.5) is 0 Å². The Morgan fingerprint density at radius 2 is 2.00 bits per heavy atom. The average molecular weight is 174 g/mol. The van der Waals surface area contributed by atoms with Crippen molar-refractivity contribution in [3.05, 3.63) is 14.4 Å². The van der Waals surface area contributed by atoms with Crippen LogP contribution in [-0.2, 0) is 0 Å². The van der Waals surface area contributed by atoms with Crippen LogP contribution < -0.4 is 5.32 Å². The van der Waals surface area contributed by atoms with Crippen LogP contribution in [0.2, 0.25) is 0 Å². The van der Waals surface area contributed by atoms with E-state index < -0.39 is 0 Å². The van der Waals surface area contributed by atoms with E-state index in [-0.39, 0.29) is 42.9 Å². The molecule has 0 amide bonds. The van der Waals surface area contributed by atoms with Crippen LogP contribution in [0.5, 0.6) is 0 Å². The predicted octanol–water partition coefficient (Wildman–Crippen LogP) is 1.31. The average Bonchev–Trinajstić information content (AvgIpc) is 1.69. The second-order valence-corrected chi connectivity index (χ2v) is 2.21. The van der Waals surface area contributed by atoms with Gasteiger partial charge in [0.25, 0.3) is 0 Å². The zero-order valence-electron chi connectivity index (χ0n) is 6.73. The molecule has 1 unspecified atom stereocenters. The molecule has 1 aliphatic heterocycles. The number of rotatable bonds is 0. The molecule has 10 heavy (non-hydrogen) atoms. The van der Waals surface area contributed by atoms with E-state index in [9.17, 15) is 0 Å². The third-order valence-corrected chi connectivity index (χ3v) is 1.40. The van der Waals surface area contributed by atoms with Gasteiger partial charge < -0.3 is 19.7 Å². The molecule has 1 heterocycles. The zero-order valence-corrected chi connectivity index (χ0v) is 8.96. The van der Waals surface area contributed by atoms with E-state index in [2.05, 4.69) is 12.2 Å². The first-order chi connectivity index (χ1) is 3.39. The Hall–Kier alpha value is 1.02. The van der Waals surface area contributed by atoms with Crippen molar-refractivity contribution >= 4 is 35.5 Å². The van der Waals surface area contributed by atoms with Gasteiger partial charge in [-0.1, -0.05) is 6.42 Å². The number of hydrogen-bond acceptors (Lipinski definition) is 1. The first-order valence-electron chi connectivity index (χ1n) is 2.93. The summed E-state index contributed by atoms with van der Waals surface area (Å²) in [4.78, 5) is 0. The summed E-state index contributed by atoms with van der Waals surface area (Å²) in [6.07, 6.45) is 2.63. The van der Waals surface area contributed by atoms with Gasteiger partial charge in [-0.3, -0.25) is 0 Å². The van der Waals surface area contributed by atoms with E-state index in [4.69, 9.17) is 0 Å². The van der Waals surface area contributed by atoms with Crippen molar-refractivity contribution in [2.24, 2.45) is 5.92 Å². The molecule has 0 aromatic carbocycles. The molecular weight excluding hydrogens is 158 g/mol. The van der Waals surface area contributed by atoms with E-state index in [0.717, 1.165) is 6.54 Å². The summed E-state index contributed by atoms with van der Waals surface area (Å²) in [7, 11) is 0. The maximum Gasteiger partial charge on any atom is 2.00 e. The summed E-state index contributed by atoms with van der Waals surface area (Å²) in [5, 5.41) is 3.27.